The largest absolute Gasteiger partial charge is 0.359 e. The summed E-state index contributed by atoms with van der Waals surface area (Å²) in [5.74, 6) is -1.59. The van der Waals surface area contributed by atoms with Crippen molar-refractivity contribution in [1.29, 1.82) is 0 Å². The molecule has 0 bridgehead atoms. The first kappa shape index (κ1) is 12.7. The molecule has 2 unspecified atom stereocenters. The van der Waals surface area contributed by atoms with E-state index in [1.807, 2.05) is 13.8 Å². The zero-order valence-corrected chi connectivity index (χ0v) is 10.1. The molecule has 1 aliphatic heterocycles. The van der Waals surface area contributed by atoms with Crippen LogP contribution in [0, 0.1) is 11.8 Å². The highest BCUT2D eigenvalue weighted by molar-refractivity contribution is 5.86. The van der Waals surface area contributed by atoms with Crippen molar-refractivity contribution in [3.8, 4) is 0 Å². The van der Waals surface area contributed by atoms with Crippen LogP contribution in [0.25, 0.3) is 0 Å². The van der Waals surface area contributed by atoms with E-state index in [-0.39, 0.29) is 17.8 Å². The number of carbonyl (C=O) groups excluding carboxylic acids is 1. The van der Waals surface area contributed by atoms with Crippen LogP contribution in [0.3, 0.4) is 0 Å². The predicted octanol–water partition coefficient (Wildman–Crippen LogP) is 2.13. The molecule has 2 atom stereocenters. The summed E-state index contributed by atoms with van der Waals surface area (Å²) in [7, 11) is 0. The van der Waals surface area contributed by atoms with Crippen LogP contribution in [0.1, 0.15) is 47.0 Å². The van der Waals surface area contributed by atoms with Crippen molar-refractivity contribution in [2.24, 2.45) is 11.8 Å². The molecule has 0 aromatic rings. The van der Waals surface area contributed by atoms with Crippen molar-refractivity contribution < 1.29 is 14.6 Å². The molecule has 3 nitrogen and oxygen atoms in total. The Labute approximate surface area is 91.8 Å². The average molecular weight is 214 g/mol. The lowest BCUT2D eigenvalue weighted by atomic mass is 9.96. The number of hydrogen-bond donors (Lipinski definition) is 1. The number of ether oxygens (including phenoxy) is 1. The molecule has 1 heterocycles. The van der Waals surface area contributed by atoms with Gasteiger partial charge in [0, 0.05) is 12.3 Å². The van der Waals surface area contributed by atoms with E-state index in [1.54, 1.807) is 0 Å². The quantitative estimate of drug-likeness (QED) is 0.766. The minimum absolute atomic E-state index is 0.0103. The van der Waals surface area contributed by atoms with Crippen LogP contribution >= 0.6 is 0 Å². The van der Waals surface area contributed by atoms with Crippen molar-refractivity contribution >= 4 is 5.78 Å². The van der Waals surface area contributed by atoms with Crippen LogP contribution in [-0.4, -0.2) is 22.8 Å². The molecule has 88 valence electrons. The Morgan fingerprint density at radius 1 is 1.40 bits per heavy atom. The third-order valence-electron chi connectivity index (χ3n) is 3.15. The summed E-state index contributed by atoms with van der Waals surface area (Å²) in [6, 6.07) is 0. The Bertz CT molecular complexity index is 235. The summed E-state index contributed by atoms with van der Waals surface area (Å²) in [5.41, 5.74) is 0. The second-order valence-corrected chi connectivity index (χ2v) is 5.07. The van der Waals surface area contributed by atoms with Gasteiger partial charge in [-0.3, -0.25) is 4.79 Å². The van der Waals surface area contributed by atoms with Gasteiger partial charge in [0.15, 0.2) is 5.78 Å². The highest BCUT2D eigenvalue weighted by Crippen LogP contribution is 2.31. The van der Waals surface area contributed by atoms with Crippen LogP contribution in [0.15, 0.2) is 0 Å². The lowest BCUT2D eigenvalue weighted by molar-refractivity contribution is -0.244. The molecule has 1 aliphatic rings. The van der Waals surface area contributed by atoms with Gasteiger partial charge in [-0.25, -0.2) is 0 Å². The van der Waals surface area contributed by atoms with Gasteiger partial charge < -0.3 is 9.84 Å². The van der Waals surface area contributed by atoms with E-state index in [0.717, 1.165) is 12.8 Å². The van der Waals surface area contributed by atoms with Gasteiger partial charge in [-0.2, -0.15) is 0 Å². The molecule has 1 N–H and O–H groups in total. The van der Waals surface area contributed by atoms with Crippen molar-refractivity contribution in [2.75, 3.05) is 0 Å². The Morgan fingerprint density at radius 3 is 2.47 bits per heavy atom. The molecule has 0 saturated carbocycles. The minimum atomic E-state index is -1.56. The lowest BCUT2D eigenvalue weighted by Crippen LogP contribution is -2.48. The Balaban J connectivity index is 2.87. The predicted molar refractivity (Wildman–Crippen MR) is 58.4 cm³/mol. The summed E-state index contributed by atoms with van der Waals surface area (Å²) in [6.07, 6.45) is 2.09. The van der Waals surface area contributed by atoms with Crippen LogP contribution in [0.5, 0.6) is 0 Å². The fraction of sp³-hybridized carbons (Fsp3) is 0.917. The first-order valence-corrected chi connectivity index (χ1v) is 5.81. The average Bonchev–Trinajstić information content (AvgIpc) is 2.28. The lowest BCUT2D eigenvalue weighted by Gasteiger charge is -2.33. The molecule has 0 aromatic heterocycles. The third-order valence-corrected chi connectivity index (χ3v) is 3.15. The van der Waals surface area contributed by atoms with E-state index < -0.39 is 5.79 Å². The maximum atomic E-state index is 11.8. The second kappa shape index (κ2) is 4.62. The van der Waals surface area contributed by atoms with Gasteiger partial charge in [0.05, 0.1) is 6.10 Å². The van der Waals surface area contributed by atoms with Crippen molar-refractivity contribution in [3.05, 3.63) is 0 Å². The number of hydrogen-bond acceptors (Lipinski definition) is 3. The van der Waals surface area contributed by atoms with E-state index >= 15 is 0 Å². The maximum Gasteiger partial charge on any atom is 0.229 e. The smallest absolute Gasteiger partial charge is 0.229 e. The molecule has 15 heavy (non-hydrogen) atoms. The van der Waals surface area contributed by atoms with Crippen molar-refractivity contribution in [1.82, 2.24) is 0 Å². The zero-order valence-electron chi connectivity index (χ0n) is 10.1. The topological polar surface area (TPSA) is 46.5 Å². The van der Waals surface area contributed by atoms with Gasteiger partial charge in [0.2, 0.25) is 5.79 Å². The van der Waals surface area contributed by atoms with E-state index in [4.69, 9.17) is 4.74 Å². The fourth-order valence-corrected chi connectivity index (χ4v) is 1.93. The summed E-state index contributed by atoms with van der Waals surface area (Å²) >= 11 is 0. The summed E-state index contributed by atoms with van der Waals surface area (Å²) < 4.78 is 5.64. The van der Waals surface area contributed by atoms with Gasteiger partial charge in [0.25, 0.3) is 0 Å². The molecule has 0 aliphatic carbocycles. The van der Waals surface area contributed by atoms with E-state index in [2.05, 4.69) is 13.8 Å². The standard InChI is InChI=1S/C12H22O3/c1-8(2)10-6-5-7-11(13)12(14,15-10)9(3)4/h8-10,14H,5-7H2,1-4H3. The van der Waals surface area contributed by atoms with Crippen molar-refractivity contribution in [2.45, 2.75) is 58.8 Å². The first-order chi connectivity index (χ1) is 6.88. The minimum Gasteiger partial charge on any atom is -0.359 e. The highest BCUT2D eigenvalue weighted by atomic mass is 16.6. The molecule has 0 radical (unpaired) electrons. The fourth-order valence-electron chi connectivity index (χ4n) is 1.93. The van der Waals surface area contributed by atoms with Gasteiger partial charge in [-0.1, -0.05) is 27.7 Å². The highest BCUT2D eigenvalue weighted by Gasteiger charge is 2.44. The van der Waals surface area contributed by atoms with Crippen LogP contribution in [0.4, 0.5) is 0 Å². The van der Waals surface area contributed by atoms with Crippen molar-refractivity contribution in [3.63, 3.8) is 0 Å². The Kier molecular flexibility index (Phi) is 3.90. The summed E-state index contributed by atoms with van der Waals surface area (Å²) in [6.45, 7) is 7.75. The Hall–Kier alpha value is -0.410. The number of rotatable bonds is 2. The van der Waals surface area contributed by atoms with Crippen LogP contribution in [-0.2, 0) is 9.53 Å². The summed E-state index contributed by atoms with van der Waals surface area (Å²) in [5, 5.41) is 10.2. The number of ketones is 1. The van der Waals surface area contributed by atoms with Crippen LogP contribution < -0.4 is 0 Å². The van der Waals surface area contributed by atoms with Gasteiger partial charge >= 0.3 is 0 Å². The Morgan fingerprint density at radius 2 is 2.00 bits per heavy atom. The summed E-state index contributed by atoms with van der Waals surface area (Å²) in [4.78, 5) is 11.8. The molecule has 0 amide bonds. The van der Waals surface area contributed by atoms with Crippen LogP contribution in [0.2, 0.25) is 0 Å². The normalized spacial score (nSPS) is 33.5. The second-order valence-electron chi connectivity index (χ2n) is 5.07. The van der Waals surface area contributed by atoms with Gasteiger partial charge in [-0.05, 0) is 18.8 Å². The molecule has 0 spiro atoms. The SMILES string of the molecule is CC(C)C1CCCC(=O)C(O)(C(C)C)O1. The molecule has 1 saturated heterocycles. The number of Topliss-reactive ketones (excluding diaryl/α,β-unsaturated/α-hetero) is 1. The monoisotopic (exact) mass is 214 g/mol. The molecule has 1 fully saturated rings. The molecule has 3 heteroatoms. The number of carbonyl (C=O) groups is 1. The van der Waals surface area contributed by atoms with E-state index in [0.29, 0.717) is 12.3 Å². The molecule has 1 rings (SSSR count). The van der Waals surface area contributed by atoms with E-state index in [9.17, 15) is 9.90 Å². The number of aliphatic hydroxyl groups is 1. The van der Waals surface area contributed by atoms with Gasteiger partial charge in [0.1, 0.15) is 0 Å². The first-order valence-electron chi connectivity index (χ1n) is 5.81. The third kappa shape index (κ3) is 2.58. The zero-order chi connectivity index (χ0) is 11.6. The molecular weight excluding hydrogens is 192 g/mol. The van der Waals surface area contributed by atoms with Gasteiger partial charge in [-0.15, -0.1) is 0 Å². The molecule has 0 aromatic carbocycles. The maximum absolute atomic E-state index is 11.8. The van der Waals surface area contributed by atoms with E-state index in [1.165, 1.54) is 0 Å². The molecular formula is C12H22O3.